The highest BCUT2D eigenvalue weighted by atomic mass is 35.5. The van der Waals surface area contributed by atoms with Gasteiger partial charge in [0.25, 0.3) is 0 Å². The first-order chi connectivity index (χ1) is 4.18. The third kappa shape index (κ3) is 1.99. The van der Waals surface area contributed by atoms with Gasteiger partial charge in [0.1, 0.15) is 5.78 Å². The number of hydrogen-bond acceptors (Lipinski definition) is 1. The van der Waals surface area contributed by atoms with Crippen LogP contribution in [0.5, 0.6) is 0 Å². The van der Waals surface area contributed by atoms with Gasteiger partial charge in [0.15, 0.2) is 0 Å². The van der Waals surface area contributed by atoms with E-state index in [2.05, 4.69) is 0 Å². The second-order valence-corrected chi connectivity index (χ2v) is 3.10. The van der Waals surface area contributed by atoms with E-state index in [1.807, 2.05) is 0 Å². The predicted octanol–water partition coefficient (Wildman–Crippen LogP) is 2.08. The van der Waals surface area contributed by atoms with Gasteiger partial charge in [-0.05, 0) is 0 Å². The second kappa shape index (κ2) is 2.72. The minimum Gasteiger partial charge on any atom is -0.299 e. The standard InChI is InChI=1S/C6H6Cl2O/c7-4-1-5(8)3-6(9)2-4/h1,4H,2-3H2. The Labute approximate surface area is 63.6 Å². The van der Waals surface area contributed by atoms with Gasteiger partial charge < -0.3 is 0 Å². The lowest BCUT2D eigenvalue weighted by atomic mass is 10.1. The van der Waals surface area contributed by atoms with Gasteiger partial charge in [-0.3, -0.25) is 4.79 Å². The summed E-state index contributed by atoms with van der Waals surface area (Å²) in [6, 6.07) is 0. The van der Waals surface area contributed by atoms with E-state index in [-0.39, 0.29) is 11.2 Å². The average molecular weight is 165 g/mol. The van der Waals surface area contributed by atoms with Gasteiger partial charge >= 0.3 is 0 Å². The summed E-state index contributed by atoms with van der Waals surface area (Å²) in [6.07, 6.45) is 2.51. The van der Waals surface area contributed by atoms with Crippen LogP contribution >= 0.6 is 23.2 Å². The highest BCUT2D eigenvalue weighted by Gasteiger charge is 2.16. The Bertz CT molecular complexity index is 162. The summed E-state index contributed by atoms with van der Waals surface area (Å²) in [6.45, 7) is 0. The van der Waals surface area contributed by atoms with E-state index in [1.165, 1.54) is 0 Å². The number of carbonyl (C=O) groups is 1. The van der Waals surface area contributed by atoms with Crippen LogP contribution in [0.3, 0.4) is 0 Å². The van der Waals surface area contributed by atoms with Crippen molar-refractivity contribution in [1.82, 2.24) is 0 Å². The van der Waals surface area contributed by atoms with Crippen molar-refractivity contribution in [3.63, 3.8) is 0 Å². The molecule has 0 bridgehead atoms. The Morgan fingerprint density at radius 1 is 1.67 bits per heavy atom. The molecule has 1 aliphatic carbocycles. The molecule has 1 rings (SSSR count). The van der Waals surface area contributed by atoms with Crippen LogP contribution in [0.15, 0.2) is 11.1 Å². The van der Waals surface area contributed by atoms with E-state index in [1.54, 1.807) is 6.08 Å². The molecule has 9 heavy (non-hydrogen) atoms. The third-order valence-corrected chi connectivity index (χ3v) is 1.69. The van der Waals surface area contributed by atoms with Crippen LogP contribution < -0.4 is 0 Å². The molecule has 0 heterocycles. The fourth-order valence-corrected chi connectivity index (χ4v) is 1.48. The van der Waals surface area contributed by atoms with Gasteiger partial charge in [-0.2, -0.15) is 0 Å². The third-order valence-electron chi connectivity index (χ3n) is 1.15. The monoisotopic (exact) mass is 164 g/mol. The van der Waals surface area contributed by atoms with Crippen molar-refractivity contribution in [2.75, 3.05) is 0 Å². The molecule has 50 valence electrons. The number of alkyl halides is 1. The van der Waals surface area contributed by atoms with Gasteiger partial charge in [0, 0.05) is 17.9 Å². The fourth-order valence-electron chi connectivity index (χ4n) is 0.792. The quantitative estimate of drug-likeness (QED) is 0.502. The van der Waals surface area contributed by atoms with Crippen molar-refractivity contribution in [3.8, 4) is 0 Å². The Morgan fingerprint density at radius 2 is 2.33 bits per heavy atom. The van der Waals surface area contributed by atoms with E-state index in [9.17, 15) is 4.79 Å². The van der Waals surface area contributed by atoms with Crippen molar-refractivity contribution in [3.05, 3.63) is 11.1 Å². The summed E-state index contributed by atoms with van der Waals surface area (Å²) in [5.41, 5.74) is 0. The molecule has 0 spiro atoms. The Balaban J connectivity index is 2.67. The Kier molecular flexibility index (Phi) is 2.14. The normalized spacial score (nSPS) is 28.0. The lowest BCUT2D eigenvalue weighted by Crippen LogP contribution is -2.11. The number of halogens is 2. The first-order valence-corrected chi connectivity index (χ1v) is 3.52. The van der Waals surface area contributed by atoms with E-state index >= 15 is 0 Å². The lowest BCUT2D eigenvalue weighted by molar-refractivity contribution is -0.118. The Hall–Kier alpha value is -0.0100. The minimum atomic E-state index is -0.182. The average Bonchev–Trinajstić information content (AvgIpc) is 1.59. The summed E-state index contributed by atoms with van der Waals surface area (Å²) in [5, 5.41) is 0.394. The molecule has 1 unspecified atom stereocenters. The zero-order valence-electron chi connectivity index (χ0n) is 4.73. The number of hydrogen-bond donors (Lipinski definition) is 0. The molecule has 0 aliphatic heterocycles. The molecule has 0 aromatic carbocycles. The highest BCUT2D eigenvalue weighted by molar-refractivity contribution is 6.33. The molecule has 1 aliphatic rings. The lowest BCUT2D eigenvalue weighted by Gasteiger charge is -2.09. The highest BCUT2D eigenvalue weighted by Crippen LogP contribution is 2.21. The molecule has 0 aromatic heterocycles. The summed E-state index contributed by atoms with van der Waals surface area (Å²) >= 11 is 11.2. The molecule has 0 saturated heterocycles. The molecular formula is C6H6Cl2O. The molecule has 3 heteroatoms. The maximum atomic E-state index is 10.7. The van der Waals surface area contributed by atoms with Crippen molar-refractivity contribution < 1.29 is 4.79 Å². The van der Waals surface area contributed by atoms with Crippen molar-refractivity contribution in [2.24, 2.45) is 0 Å². The SMILES string of the molecule is O=C1CC(Cl)=CC(Cl)C1. The van der Waals surface area contributed by atoms with Gasteiger partial charge in [-0.1, -0.05) is 17.7 Å². The number of carbonyl (C=O) groups excluding carboxylic acids is 1. The number of Topliss-reactive ketones (excluding diaryl/α,β-unsaturated/α-hetero) is 1. The van der Waals surface area contributed by atoms with Crippen LogP contribution in [-0.2, 0) is 4.79 Å². The van der Waals surface area contributed by atoms with Gasteiger partial charge in [0.05, 0.1) is 5.38 Å². The smallest absolute Gasteiger partial charge is 0.139 e. The van der Waals surface area contributed by atoms with Gasteiger partial charge in [0.2, 0.25) is 0 Å². The molecule has 1 nitrogen and oxygen atoms in total. The minimum absolute atomic E-state index is 0.127. The maximum Gasteiger partial charge on any atom is 0.139 e. The van der Waals surface area contributed by atoms with E-state index in [0.717, 1.165) is 0 Å². The molecular weight excluding hydrogens is 159 g/mol. The summed E-state index contributed by atoms with van der Waals surface area (Å²) in [4.78, 5) is 10.7. The molecule has 0 saturated carbocycles. The van der Waals surface area contributed by atoms with E-state index < -0.39 is 0 Å². The van der Waals surface area contributed by atoms with Crippen LogP contribution in [0.4, 0.5) is 0 Å². The van der Waals surface area contributed by atoms with Crippen LogP contribution in [0, 0.1) is 0 Å². The van der Waals surface area contributed by atoms with Crippen LogP contribution in [0.1, 0.15) is 12.8 Å². The predicted molar refractivity (Wildman–Crippen MR) is 37.8 cm³/mol. The van der Waals surface area contributed by atoms with Crippen LogP contribution in [-0.4, -0.2) is 11.2 Å². The Morgan fingerprint density at radius 3 is 2.78 bits per heavy atom. The summed E-state index contributed by atoms with van der Waals surface area (Å²) in [7, 11) is 0. The molecule has 0 fully saturated rings. The molecule has 0 amide bonds. The zero-order valence-corrected chi connectivity index (χ0v) is 6.24. The molecule has 1 atom stereocenters. The fraction of sp³-hybridized carbons (Fsp3) is 0.500. The molecule has 0 radical (unpaired) electrons. The first kappa shape index (κ1) is 7.10. The van der Waals surface area contributed by atoms with Gasteiger partial charge in [-0.25, -0.2) is 0 Å². The number of ketones is 1. The number of rotatable bonds is 0. The first-order valence-electron chi connectivity index (χ1n) is 2.70. The molecule has 0 aromatic rings. The summed E-state index contributed by atoms with van der Waals surface area (Å²) < 4.78 is 0. The van der Waals surface area contributed by atoms with Crippen LogP contribution in [0.2, 0.25) is 0 Å². The van der Waals surface area contributed by atoms with Crippen molar-refractivity contribution >= 4 is 29.0 Å². The van der Waals surface area contributed by atoms with Crippen LogP contribution in [0.25, 0.3) is 0 Å². The largest absolute Gasteiger partial charge is 0.299 e. The maximum absolute atomic E-state index is 10.7. The van der Waals surface area contributed by atoms with Gasteiger partial charge in [-0.15, -0.1) is 11.6 Å². The van der Waals surface area contributed by atoms with Crippen molar-refractivity contribution in [1.29, 1.82) is 0 Å². The number of allylic oxidation sites excluding steroid dienone is 2. The van der Waals surface area contributed by atoms with Crippen molar-refractivity contribution in [2.45, 2.75) is 18.2 Å². The molecule has 0 N–H and O–H groups in total. The van der Waals surface area contributed by atoms with E-state index in [4.69, 9.17) is 23.2 Å². The van der Waals surface area contributed by atoms with E-state index in [0.29, 0.717) is 17.9 Å². The zero-order chi connectivity index (χ0) is 6.85. The summed E-state index contributed by atoms with van der Waals surface area (Å²) in [5.74, 6) is 0.127. The second-order valence-electron chi connectivity index (χ2n) is 2.05. The topological polar surface area (TPSA) is 17.1 Å².